The Bertz CT molecular complexity index is 376. The van der Waals surface area contributed by atoms with Crippen LogP contribution in [0.15, 0.2) is 12.1 Å². The Balaban J connectivity index is 2.17. The molecule has 1 N–H and O–H groups in total. The average Bonchev–Trinajstić information content (AvgIpc) is 2.30. The van der Waals surface area contributed by atoms with Gasteiger partial charge in [-0.25, -0.2) is 0 Å². The minimum atomic E-state index is 0.634. The highest BCUT2D eigenvalue weighted by Crippen LogP contribution is 2.41. The first-order valence-electron chi connectivity index (χ1n) is 5.75. The van der Waals surface area contributed by atoms with E-state index in [-0.39, 0.29) is 0 Å². The van der Waals surface area contributed by atoms with E-state index in [1.165, 1.54) is 11.1 Å². The number of likely N-dealkylation sites (N-methyl/N-ethyl adjacent to an activating group) is 1. The second-order valence-electron chi connectivity index (χ2n) is 4.11. The predicted molar refractivity (Wildman–Crippen MR) is 64.5 cm³/mol. The zero-order valence-corrected chi connectivity index (χ0v) is 10.2. The molecule has 88 valence electrons. The van der Waals surface area contributed by atoms with Crippen LogP contribution in [0.1, 0.15) is 24.0 Å². The van der Waals surface area contributed by atoms with Crippen molar-refractivity contribution in [2.45, 2.75) is 19.3 Å². The van der Waals surface area contributed by atoms with Gasteiger partial charge >= 0.3 is 0 Å². The predicted octanol–water partition coefficient (Wildman–Crippen LogP) is 1.95. The van der Waals surface area contributed by atoms with Gasteiger partial charge in [0.05, 0.1) is 14.2 Å². The van der Waals surface area contributed by atoms with Gasteiger partial charge in [0.15, 0.2) is 11.5 Å². The molecule has 3 nitrogen and oxygen atoms in total. The molecule has 16 heavy (non-hydrogen) atoms. The molecule has 1 aliphatic carbocycles. The third-order valence-corrected chi connectivity index (χ3v) is 3.19. The number of ether oxygens (including phenoxy) is 2. The van der Waals surface area contributed by atoms with Crippen molar-refractivity contribution in [1.29, 1.82) is 0 Å². The van der Waals surface area contributed by atoms with Crippen molar-refractivity contribution in [1.82, 2.24) is 5.32 Å². The molecule has 1 atom stereocenters. The van der Waals surface area contributed by atoms with Crippen LogP contribution in [-0.2, 0) is 6.42 Å². The summed E-state index contributed by atoms with van der Waals surface area (Å²) in [5, 5.41) is 3.39. The summed E-state index contributed by atoms with van der Waals surface area (Å²) in [5.74, 6) is 2.31. The fourth-order valence-corrected chi connectivity index (χ4v) is 2.24. The number of benzene rings is 1. The normalized spacial score (nSPS) is 17.6. The number of fused-ring (bicyclic) bond motifs is 1. The second-order valence-corrected chi connectivity index (χ2v) is 4.11. The summed E-state index contributed by atoms with van der Waals surface area (Å²) in [6.45, 7) is 4.21. The highest BCUT2D eigenvalue weighted by molar-refractivity contribution is 5.53. The monoisotopic (exact) mass is 221 g/mol. The van der Waals surface area contributed by atoms with Crippen LogP contribution in [0.25, 0.3) is 0 Å². The zero-order valence-electron chi connectivity index (χ0n) is 10.2. The van der Waals surface area contributed by atoms with Crippen molar-refractivity contribution in [2.75, 3.05) is 27.3 Å². The molecular weight excluding hydrogens is 202 g/mol. The van der Waals surface area contributed by atoms with E-state index in [1.54, 1.807) is 14.2 Å². The summed E-state index contributed by atoms with van der Waals surface area (Å²) in [5.41, 5.74) is 2.79. The van der Waals surface area contributed by atoms with Gasteiger partial charge in [-0.2, -0.15) is 0 Å². The third-order valence-electron chi connectivity index (χ3n) is 3.19. The Kier molecular flexibility index (Phi) is 3.34. The standard InChI is InChI=1S/C13H19NO2/c1-4-14-8-10-5-9-6-12(15-2)13(16-3)7-11(9)10/h6-7,10,14H,4-5,8H2,1-3H3/t10-/m1/s1. The van der Waals surface area contributed by atoms with E-state index >= 15 is 0 Å². The fraction of sp³-hybridized carbons (Fsp3) is 0.538. The summed E-state index contributed by atoms with van der Waals surface area (Å²) in [6, 6.07) is 4.20. The largest absolute Gasteiger partial charge is 0.493 e. The Morgan fingerprint density at radius 2 is 1.94 bits per heavy atom. The first-order chi connectivity index (χ1) is 7.80. The maximum atomic E-state index is 5.31. The van der Waals surface area contributed by atoms with E-state index in [0.29, 0.717) is 5.92 Å². The molecule has 0 unspecified atom stereocenters. The lowest BCUT2D eigenvalue weighted by Crippen LogP contribution is -2.29. The van der Waals surface area contributed by atoms with Crippen molar-refractivity contribution in [3.63, 3.8) is 0 Å². The summed E-state index contributed by atoms with van der Waals surface area (Å²) in [7, 11) is 3.36. The minimum Gasteiger partial charge on any atom is -0.493 e. The number of methoxy groups -OCH3 is 2. The van der Waals surface area contributed by atoms with Crippen molar-refractivity contribution in [3.05, 3.63) is 23.3 Å². The Hall–Kier alpha value is -1.22. The first-order valence-corrected chi connectivity index (χ1v) is 5.75. The molecular formula is C13H19NO2. The lowest BCUT2D eigenvalue weighted by atomic mass is 9.77. The number of hydrogen-bond donors (Lipinski definition) is 1. The summed E-state index contributed by atoms with van der Waals surface area (Å²) in [6.07, 6.45) is 1.14. The van der Waals surface area contributed by atoms with E-state index in [0.717, 1.165) is 31.0 Å². The molecule has 0 saturated heterocycles. The highest BCUT2D eigenvalue weighted by atomic mass is 16.5. The Morgan fingerprint density at radius 1 is 1.25 bits per heavy atom. The van der Waals surface area contributed by atoms with Crippen LogP contribution >= 0.6 is 0 Å². The highest BCUT2D eigenvalue weighted by Gasteiger charge is 2.27. The van der Waals surface area contributed by atoms with Gasteiger partial charge < -0.3 is 14.8 Å². The molecule has 0 fully saturated rings. The number of nitrogens with one attached hydrogen (secondary N) is 1. The molecule has 3 heteroatoms. The molecule has 1 aromatic rings. The van der Waals surface area contributed by atoms with Crippen LogP contribution in [0.5, 0.6) is 11.5 Å². The van der Waals surface area contributed by atoms with Crippen LogP contribution in [0.2, 0.25) is 0 Å². The summed E-state index contributed by atoms with van der Waals surface area (Å²) >= 11 is 0. The van der Waals surface area contributed by atoms with Crippen LogP contribution in [0, 0.1) is 0 Å². The second kappa shape index (κ2) is 4.74. The van der Waals surface area contributed by atoms with Crippen molar-refractivity contribution in [3.8, 4) is 11.5 Å². The lowest BCUT2D eigenvalue weighted by molar-refractivity contribution is 0.351. The molecule has 0 spiro atoms. The SMILES string of the molecule is CCNC[C@H]1Cc2cc(OC)c(OC)cc21. The Morgan fingerprint density at radius 3 is 2.56 bits per heavy atom. The third kappa shape index (κ3) is 1.87. The lowest BCUT2D eigenvalue weighted by Gasteiger charge is -2.31. The van der Waals surface area contributed by atoms with Gasteiger partial charge in [0.2, 0.25) is 0 Å². The van der Waals surface area contributed by atoms with Crippen LogP contribution in [0.3, 0.4) is 0 Å². The molecule has 0 bridgehead atoms. The van der Waals surface area contributed by atoms with Crippen molar-refractivity contribution < 1.29 is 9.47 Å². The Labute approximate surface area is 96.8 Å². The molecule has 0 aliphatic heterocycles. The summed E-state index contributed by atoms with van der Waals surface area (Å²) < 4.78 is 10.6. The molecule has 0 heterocycles. The topological polar surface area (TPSA) is 30.5 Å². The van der Waals surface area contributed by atoms with Crippen molar-refractivity contribution in [2.24, 2.45) is 0 Å². The quantitative estimate of drug-likeness (QED) is 0.824. The van der Waals surface area contributed by atoms with Gasteiger partial charge in [0, 0.05) is 12.5 Å². The minimum absolute atomic E-state index is 0.634. The molecule has 0 aromatic heterocycles. The van der Waals surface area contributed by atoms with Gasteiger partial charge in [-0.3, -0.25) is 0 Å². The van der Waals surface area contributed by atoms with E-state index in [4.69, 9.17) is 9.47 Å². The molecule has 1 aromatic carbocycles. The zero-order chi connectivity index (χ0) is 11.5. The smallest absolute Gasteiger partial charge is 0.161 e. The van der Waals surface area contributed by atoms with Crippen LogP contribution in [-0.4, -0.2) is 27.3 Å². The van der Waals surface area contributed by atoms with E-state index in [9.17, 15) is 0 Å². The van der Waals surface area contributed by atoms with Crippen LogP contribution < -0.4 is 14.8 Å². The van der Waals surface area contributed by atoms with Gasteiger partial charge in [-0.05, 0) is 36.2 Å². The van der Waals surface area contributed by atoms with Gasteiger partial charge in [0.25, 0.3) is 0 Å². The van der Waals surface area contributed by atoms with Gasteiger partial charge in [-0.1, -0.05) is 6.92 Å². The van der Waals surface area contributed by atoms with Crippen LogP contribution in [0.4, 0.5) is 0 Å². The molecule has 0 saturated carbocycles. The maximum absolute atomic E-state index is 5.31. The van der Waals surface area contributed by atoms with E-state index < -0.39 is 0 Å². The van der Waals surface area contributed by atoms with Gasteiger partial charge in [0.1, 0.15) is 0 Å². The fourth-order valence-electron chi connectivity index (χ4n) is 2.24. The van der Waals surface area contributed by atoms with E-state index in [1.807, 2.05) is 0 Å². The maximum Gasteiger partial charge on any atom is 0.161 e. The van der Waals surface area contributed by atoms with E-state index in [2.05, 4.69) is 24.4 Å². The molecule has 1 aliphatic rings. The molecule has 0 amide bonds. The molecule has 2 rings (SSSR count). The summed E-state index contributed by atoms with van der Waals surface area (Å²) in [4.78, 5) is 0. The van der Waals surface area contributed by atoms with Gasteiger partial charge in [-0.15, -0.1) is 0 Å². The number of rotatable bonds is 5. The first kappa shape index (κ1) is 11.3. The van der Waals surface area contributed by atoms with Crippen molar-refractivity contribution >= 4 is 0 Å². The average molecular weight is 221 g/mol. The number of hydrogen-bond acceptors (Lipinski definition) is 3. The molecule has 0 radical (unpaired) electrons.